The first-order chi connectivity index (χ1) is 8.43. The summed E-state index contributed by atoms with van der Waals surface area (Å²) < 4.78 is 5.00. The fourth-order valence-electron chi connectivity index (χ4n) is 1.32. The number of benzene rings is 1. The van der Waals surface area contributed by atoms with Crippen molar-refractivity contribution in [1.29, 1.82) is 0 Å². The Morgan fingerprint density at radius 3 is 2.61 bits per heavy atom. The molecule has 1 aromatic carbocycles. The van der Waals surface area contributed by atoms with E-state index in [1.165, 1.54) is 25.3 Å². The molecule has 1 aromatic rings. The molecule has 2 amide bonds. The number of amides is 2. The van der Waals surface area contributed by atoms with Gasteiger partial charge in [-0.3, -0.25) is 10.1 Å². The van der Waals surface area contributed by atoms with Crippen molar-refractivity contribution in [2.45, 2.75) is 19.9 Å². The molecule has 0 spiro atoms. The number of nitrogens with zero attached hydrogens (tertiary/aromatic N) is 1. The molecule has 2 N–H and O–H groups in total. The number of carbonyl (C=O) groups excluding carboxylic acids is 1. The zero-order valence-electron chi connectivity index (χ0n) is 10.4. The summed E-state index contributed by atoms with van der Waals surface area (Å²) in [4.78, 5) is 21.6. The van der Waals surface area contributed by atoms with Gasteiger partial charge in [-0.25, -0.2) is 4.79 Å². The van der Waals surface area contributed by atoms with Crippen LogP contribution < -0.4 is 15.4 Å². The van der Waals surface area contributed by atoms with Gasteiger partial charge in [0.05, 0.1) is 23.8 Å². The van der Waals surface area contributed by atoms with Crippen molar-refractivity contribution >= 4 is 17.4 Å². The topological polar surface area (TPSA) is 93.5 Å². The Kier molecular flexibility index (Phi) is 4.47. The lowest BCUT2D eigenvalue weighted by Crippen LogP contribution is -2.34. The number of hydrogen-bond donors (Lipinski definition) is 2. The third-order valence-corrected chi connectivity index (χ3v) is 2.06. The van der Waals surface area contributed by atoms with Gasteiger partial charge in [0, 0.05) is 12.1 Å². The lowest BCUT2D eigenvalue weighted by molar-refractivity contribution is -0.384. The van der Waals surface area contributed by atoms with E-state index in [1.807, 2.05) is 13.8 Å². The zero-order chi connectivity index (χ0) is 13.7. The number of urea groups is 1. The minimum atomic E-state index is -0.527. The van der Waals surface area contributed by atoms with Crippen LogP contribution >= 0.6 is 0 Å². The molecule has 0 heterocycles. The SMILES string of the molecule is COc1cc([N+](=O)[O-])ccc1NC(=O)NC(C)C. The van der Waals surface area contributed by atoms with Crippen molar-refractivity contribution in [3.8, 4) is 5.75 Å². The van der Waals surface area contributed by atoms with Crippen LogP contribution in [0.5, 0.6) is 5.75 Å². The first-order valence-electron chi connectivity index (χ1n) is 5.34. The second-order valence-electron chi connectivity index (χ2n) is 3.89. The molecule has 98 valence electrons. The number of anilines is 1. The van der Waals surface area contributed by atoms with E-state index in [-0.39, 0.29) is 17.5 Å². The number of nitro groups is 1. The number of carbonyl (C=O) groups is 1. The second kappa shape index (κ2) is 5.85. The molecule has 0 bridgehead atoms. The van der Waals surface area contributed by atoms with Crippen LogP contribution in [0.2, 0.25) is 0 Å². The summed E-state index contributed by atoms with van der Waals surface area (Å²) in [6, 6.07) is 3.58. The molecule has 7 nitrogen and oxygen atoms in total. The molecule has 0 aliphatic carbocycles. The smallest absolute Gasteiger partial charge is 0.319 e. The van der Waals surface area contributed by atoms with E-state index < -0.39 is 11.0 Å². The second-order valence-corrected chi connectivity index (χ2v) is 3.89. The molecule has 0 unspecified atom stereocenters. The van der Waals surface area contributed by atoms with Crippen LogP contribution in [-0.2, 0) is 0 Å². The normalized spacial score (nSPS) is 10.0. The summed E-state index contributed by atoms with van der Waals surface area (Å²) in [5.41, 5.74) is 0.280. The van der Waals surface area contributed by atoms with Crippen LogP contribution in [0.1, 0.15) is 13.8 Å². The van der Waals surface area contributed by atoms with Gasteiger partial charge in [-0.05, 0) is 19.9 Å². The van der Waals surface area contributed by atoms with Crippen LogP contribution in [0, 0.1) is 10.1 Å². The highest BCUT2D eigenvalue weighted by molar-refractivity contribution is 5.91. The standard InChI is InChI=1S/C11H15N3O4/c1-7(2)12-11(15)13-9-5-4-8(14(16)17)6-10(9)18-3/h4-7H,1-3H3,(H2,12,13,15). The molecular formula is C11H15N3O4. The van der Waals surface area contributed by atoms with Crippen LogP contribution in [0.25, 0.3) is 0 Å². The van der Waals surface area contributed by atoms with Gasteiger partial charge >= 0.3 is 6.03 Å². The molecule has 0 saturated heterocycles. The Labute approximate surface area is 104 Å². The minimum absolute atomic E-state index is 0.00552. The molecular weight excluding hydrogens is 238 g/mol. The Balaban J connectivity index is 2.89. The van der Waals surface area contributed by atoms with Crippen LogP contribution in [-0.4, -0.2) is 24.1 Å². The summed E-state index contributed by atoms with van der Waals surface area (Å²) in [7, 11) is 1.38. The number of methoxy groups -OCH3 is 1. The average molecular weight is 253 g/mol. The lowest BCUT2D eigenvalue weighted by Gasteiger charge is -2.12. The van der Waals surface area contributed by atoms with E-state index in [0.29, 0.717) is 5.69 Å². The van der Waals surface area contributed by atoms with E-state index in [9.17, 15) is 14.9 Å². The van der Waals surface area contributed by atoms with Gasteiger partial charge in [0.2, 0.25) is 0 Å². The van der Waals surface area contributed by atoms with Crippen molar-refractivity contribution in [1.82, 2.24) is 5.32 Å². The number of nitro benzene ring substituents is 1. The van der Waals surface area contributed by atoms with Gasteiger partial charge in [0.25, 0.3) is 5.69 Å². The van der Waals surface area contributed by atoms with Crippen LogP contribution in [0.3, 0.4) is 0 Å². The van der Waals surface area contributed by atoms with E-state index in [1.54, 1.807) is 0 Å². The van der Waals surface area contributed by atoms with Crippen LogP contribution in [0.15, 0.2) is 18.2 Å². The van der Waals surface area contributed by atoms with E-state index in [2.05, 4.69) is 10.6 Å². The molecule has 0 radical (unpaired) electrons. The maximum absolute atomic E-state index is 11.5. The van der Waals surface area contributed by atoms with Gasteiger partial charge in [-0.1, -0.05) is 0 Å². The fraction of sp³-hybridized carbons (Fsp3) is 0.364. The first-order valence-corrected chi connectivity index (χ1v) is 5.34. The minimum Gasteiger partial charge on any atom is -0.494 e. The molecule has 0 aliphatic rings. The molecule has 18 heavy (non-hydrogen) atoms. The molecule has 0 fully saturated rings. The maximum atomic E-state index is 11.5. The zero-order valence-corrected chi connectivity index (χ0v) is 10.4. The number of non-ortho nitro benzene ring substituents is 1. The van der Waals surface area contributed by atoms with Crippen molar-refractivity contribution in [3.05, 3.63) is 28.3 Å². The summed E-state index contributed by atoms with van der Waals surface area (Å²) >= 11 is 0. The number of nitrogens with one attached hydrogen (secondary N) is 2. The number of hydrogen-bond acceptors (Lipinski definition) is 4. The monoisotopic (exact) mass is 253 g/mol. The van der Waals surface area contributed by atoms with Crippen molar-refractivity contribution in [3.63, 3.8) is 0 Å². The van der Waals surface area contributed by atoms with Gasteiger partial charge in [-0.15, -0.1) is 0 Å². The first kappa shape index (κ1) is 13.8. The average Bonchev–Trinajstić information content (AvgIpc) is 2.27. The Morgan fingerprint density at radius 1 is 1.44 bits per heavy atom. The third kappa shape index (κ3) is 3.62. The number of ether oxygens (including phenoxy) is 1. The van der Waals surface area contributed by atoms with Gasteiger partial charge < -0.3 is 15.4 Å². The van der Waals surface area contributed by atoms with E-state index in [4.69, 9.17) is 4.74 Å². The quantitative estimate of drug-likeness (QED) is 0.635. The van der Waals surface area contributed by atoms with Gasteiger partial charge in [0.1, 0.15) is 5.75 Å². The predicted octanol–water partition coefficient (Wildman–Crippen LogP) is 2.13. The summed E-state index contributed by atoms with van der Waals surface area (Å²) in [6.07, 6.45) is 0. The highest BCUT2D eigenvalue weighted by atomic mass is 16.6. The molecule has 7 heteroatoms. The van der Waals surface area contributed by atoms with Gasteiger partial charge in [0.15, 0.2) is 0 Å². The molecule has 0 aromatic heterocycles. The molecule has 0 saturated carbocycles. The Morgan fingerprint density at radius 2 is 2.11 bits per heavy atom. The highest BCUT2D eigenvalue weighted by Gasteiger charge is 2.13. The summed E-state index contributed by atoms with van der Waals surface area (Å²) in [6.45, 7) is 3.65. The summed E-state index contributed by atoms with van der Waals surface area (Å²) in [5, 5.41) is 15.8. The Bertz CT molecular complexity index is 460. The van der Waals surface area contributed by atoms with Crippen molar-refractivity contribution in [2.75, 3.05) is 12.4 Å². The largest absolute Gasteiger partial charge is 0.494 e. The lowest BCUT2D eigenvalue weighted by atomic mass is 10.2. The van der Waals surface area contributed by atoms with Crippen molar-refractivity contribution < 1.29 is 14.5 Å². The molecule has 1 rings (SSSR count). The fourth-order valence-corrected chi connectivity index (χ4v) is 1.32. The summed E-state index contributed by atoms with van der Waals surface area (Å²) in [5.74, 6) is 0.239. The van der Waals surface area contributed by atoms with Crippen molar-refractivity contribution in [2.24, 2.45) is 0 Å². The van der Waals surface area contributed by atoms with E-state index >= 15 is 0 Å². The Hall–Kier alpha value is -2.31. The molecule has 0 atom stereocenters. The van der Waals surface area contributed by atoms with Gasteiger partial charge in [-0.2, -0.15) is 0 Å². The maximum Gasteiger partial charge on any atom is 0.319 e. The highest BCUT2D eigenvalue weighted by Crippen LogP contribution is 2.28. The van der Waals surface area contributed by atoms with E-state index in [0.717, 1.165) is 0 Å². The predicted molar refractivity (Wildman–Crippen MR) is 66.9 cm³/mol. The third-order valence-electron chi connectivity index (χ3n) is 2.06. The number of rotatable bonds is 4. The molecule has 0 aliphatic heterocycles. The van der Waals surface area contributed by atoms with Crippen LogP contribution in [0.4, 0.5) is 16.2 Å².